The first-order valence-corrected chi connectivity index (χ1v) is 8.26. The van der Waals surface area contributed by atoms with Gasteiger partial charge in [0.15, 0.2) is 0 Å². The Balaban J connectivity index is 2.32. The van der Waals surface area contributed by atoms with Crippen LogP contribution in [0.25, 0.3) is 0 Å². The Kier molecular flexibility index (Phi) is 6.41. The van der Waals surface area contributed by atoms with E-state index in [1.807, 2.05) is 26.0 Å². The van der Waals surface area contributed by atoms with Crippen LogP contribution in [0.15, 0.2) is 35.5 Å². The van der Waals surface area contributed by atoms with Crippen LogP contribution < -0.4 is 10.1 Å². The molecule has 1 amide bonds. The molecule has 1 aromatic carbocycles. The van der Waals surface area contributed by atoms with Crippen LogP contribution in [0.1, 0.15) is 20.3 Å². The number of carbonyl (C=O) groups is 2. The van der Waals surface area contributed by atoms with Gasteiger partial charge in [-0.2, -0.15) is 0 Å². The highest BCUT2D eigenvalue weighted by Gasteiger charge is 2.34. The average molecular weight is 348 g/mol. The van der Waals surface area contributed by atoms with E-state index in [2.05, 4.69) is 5.32 Å². The number of carbonyl (C=O) groups excluding carboxylic acids is 2. The maximum atomic E-state index is 12.6. The Morgan fingerprint density at radius 1 is 1.40 bits per heavy atom. The number of aliphatic hydroxyl groups is 1. The standard InChI is InChI=1S/C18H24N2O5/c1-4-12(2)25-15-8-6-5-7-14(15)19-16-13(18(23)24-3)11-20(9-10-21)17(16)22/h5-8,12,19,21H,4,9-11H2,1-3H3. The SMILES string of the molecule is CCC(C)Oc1ccccc1NC1=C(C(=O)OC)CN(CCO)C1=O. The third-order valence-electron chi connectivity index (χ3n) is 4.00. The van der Waals surface area contributed by atoms with Crippen LogP contribution in [0.3, 0.4) is 0 Å². The van der Waals surface area contributed by atoms with Crippen molar-refractivity contribution in [3.8, 4) is 5.75 Å². The minimum absolute atomic E-state index is 0.0159. The summed E-state index contributed by atoms with van der Waals surface area (Å²) in [5.74, 6) is -0.327. The molecule has 0 spiro atoms. The fourth-order valence-corrected chi connectivity index (χ4v) is 2.46. The van der Waals surface area contributed by atoms with Gasteiger partial charge in [0.05, 0.1) is 37.6 Å². The highest BCUT2D eigenvalue weighted by Crippen LogP contribution is 2.29. The fourth-order valence-electron chi connectivity index (χ4n) is 2.46. The minimum atomic E-state index is -0.573. The largest absolute Gasteiger partial charge is 0.489 e. The van der Waals surface area contributed by atoms with E-state index in [1.165, 1.54) is 12.0 Å². The van der Waals surface area contributed by atoms with Gasteiger partial charge in [0.25, 0.3) is 5.91 Å². The van der Waals surface area contributed by atoms with E-state index in [9.17, 15) is 9.59 Å². The number of nitrogens with zero attached hydrogens (tertiary/aromatic N) is 1. The lowest BCUT2D eigenvalue weighted by Crippen LogP contribution is -2.31. The maximum Gasteiger partial charge on any atom is 0.337 e. The van der Waals surface area contributed by atoms with Gasteiger partial charge >= 0.3 is 5.97 Å². The molecule has 7 nitrogen and oxygen atoms in total. The number of para-hydroxylation sites is 2. The number of nitrogens with one attached hydrogen (secondary N) is 1. The quantitative estimate of drug-likeness (QED) is 0.693. The number of benzene rings is 1. The van der Waals surface area contributed by atoms with E-state index >= 15 is 0 Å². The molecule has 1 unspecified atom stereocenters. The number of aliphatic hydroxyl groups excluding tert-OH is 1. The maximum absolute atomic E-state index is 12.6. The predicted octanol–water partition coefficient (Wildman–Crippen LogP) is 1.54. The topological polar surface area (TPSA) is 88.1 Å². The fraction of sp³-hybridized carbons (Fsp3) is 0.444. The molecule has 7 heteroatoms. The predicted molar refractivity (Wildman–Crippen MR) is 93.2 cm³/mol. The molecular weight excluding hydrogens is 324 g/mol. The second kappa shape index (κ2) is 8.53. The molecule has 1 atom stereocenters. The molecule has 0 aromatic heterocycles. The highest BCUT2D eigenvalue weighted by atomic mass is 16.5. The first-order valence-electron chi connectivity index (χ1n) is 8.26. The molecule has 2 rings (SSSR count). The molecule has 1 aliphatic heterocycles. The molecule has 2 N–H and O–H groups in total. The van der Waals surface area contributed by atoms with Crippen molar-refractivity contribution in [3.63, 3.8) is 0 Å². The van der Waals surface area contributed by atoms with Crippen molar-refractivity contribution in [1.82, 2.24) is 4.90 Å². The number of esters is 1. The Hall–Kier alpha value is -2.54. The summed E-state index contributed by atoms with van der Waals surface area (Å²) in [6, 6.07) is 7.24. The molecular formula is C18H24N2O5. The molecule has 0 saturated heterocycles. The Bertz CT molecular complexity index is 671. The van der Waals surface area contributed by atoms with Crippen molar-refractivity contribution >= 4 is 17.6 Å². The van der Waals surface area contributed by atoms with Gasteiger partial charge in [-0.15, -0.1) is 0 Å². The highest BCUT2D eigenvalue weighted by molar-refractivity contribution is 6.08. The molecule has 136 valence electrons. The number of ether oxygens (including phenoxy) is 2. The molecule has 1 heterocycles. The lowest BCUT2D eigenvalue weighted by molar-refractivity contribution is -0.136. The van der Waals surface area contributed by atoms with E-state index in [0.29, 0.717) is 11.4 Å². The Morgan fingerprint density at radius 2 is 2.12 bits per heavy atom. The van der Waals surface area contributed by atoms with Crippen molar-refractivity contribution < 1.29 is 24.2 Å². The molecule has 0 aliphatic carbocycles. The normalized spacial score (nSPS) is 15.4. The molecule has 1 aliphatic rings. The summed E-state index contributed by atoms with van der Waals surface area (Å²) in [7, 11) is 1.27. The third kappa shape index (κ3) is 4.30. The van der Waals surface area contributed by atoms with Crippen molar-refractivity contribution in [1.29, 1.82) is 0 Å². The van der Waals surface area contributed by atoms with E-state index < -0.39 is 5.97 Å². The van der Waals surface area contributed by atoms with E-state index in [1.54, 1.807) is 12.1 Å². The van der Waals surface area contributed by atoms with Gasteiger partial charge in [-0.25, -0.2) is 4.79 Å². The van der Waals surface area contributed by atoms with Crippen LogP contribution in [-0.4, -0.2) is 54.8 Å². The third-order valence-corrected chi connectivity index (χ3v) is 4.00. The van der Waals surface area contributed by atoms with E-state index in [-0.39, 0.29) is 43.0 Å². The molecule has 0 fully saturated rings. The van der Waals surface area contributed by atoms with Crippen LogP contribution in [-0.2, 0) is 14.3 Å². The number of methoxy groups -OCH3 is 1. The summed E-state index contributed by atoms with van der Waals surface area (Å²) in [6.07, 6.45) is 0.857. The molecule has 0 bridgehead atoms. The smallest absolute Gasteiger partial charge is 0.337 e. The second-order valence-electron chi connectivity index (χ2n) is 5.75. The van der Waals surface area contributed by atoms with Gasteiger partial charge in [0.2, 0.25) is 0 Å². The zero-order valence-electron chi connectivity index (χ0n) is 14.7. The number of rotatable bonds is 8. The molecule has 0 saturated carbocycles. The van der Waals surface area contributed by atoms with Gasteiger partial charge in [-0.3, -0.25) is 4.79 Å². The second-order valence-corrected chi connectivity index (χ2v) is 5.75. The van der Waals surface area contributed by atoms with Gasteiger partial charge in [-0.1, -0.05) is 19.1 Å². The molecule has 0 radical (unpaired) electrons. The van der Waals surface area contributed by atoms with Gasteiger partial charge in [0.1, 0.15) is 11.4 Å². The zero-order chi connectivity index (χ0) is 18.4. The molecule has 25 heavy (non-hydrogen) atoms. The summed E-state index contributed by atoms with van der Waals surface area (Å²) in [5, 5.41) is 12.1. The summed E-state index contributed by atoms with van der Waals surface area (Å²) in [4.78, 5) is 26.0. The van der Waals surface area contributed by atoms with Crippen molar-refractivity contribution in [3.05, 3.63) is 35.5 Å². The number of β-amino-alcohol motifs (C(OH)–C–C–N with tert-alkyl or cyclic N) is 1. The summed E-state index contributed by atoms with van der Waals surface area (Å²) in [6.45, 7) is 4.05. The van der Waals surface area contributed by atoms with Crippen molar-refractivity contribution in [2.75, 3.05) is 32.1 Å². The van der Waals surface area contributed by atoms with Crippen LogP contribution >= 0.6 is 0 Å². The zero-order valence-corrected chi connectivity index (χ0v) is 14.7. The number of hydrogen-bond donors (Lipinski definition) is 2. The van der Waals surface area contributed by atoms with Crippen LogP contribution in [0, 0.1) is 0 Å². The monoisotopic (exact) mass is 348 g/mol. The van der Waals surface area contributed by atoms with Crippen LogP contribution in [0.5, 0.6) is 5.75 Å². The summed E-state index contributed by atoms with van der Waals surface area (Å²) >= 11 is 0. The average Bonchev–Trinajstić information content (AvgIpc) is 2.92. The lowest BCUT2D eigenvalue weighted by atomic mass is 10.2. The van der Waals surface area contributed by atoms with Crippen LogP contribution in [0.4, 0.5) is 5.69 Å². The summed E-state index contributed by atoms with van der Waals surface area (Å²) in [5.41, 5.74) is 0.984. The van der Waals surface area contributed by atoms with Gasteiger partial charge in [0, 0.05) is 6.54 Å². The summed E-state index contributed by atoms with van der Waals surface area (Å²) < 4.78 is 10.7. The Morgan fingerprint density at radius 3 is 2.76 bits per heavy atom. The van der Waals surface area contributed by atoms with E-state index in [0.717, 1.165) is 6.42 Å². The van der Waals surface area contributed by atoms with E-state index in [4.69, 9.17) is 14.6 Å². The number of amides is 1. The first-order chi connectivity index (χ1) is 12.0. The minimum Gasteiger partial charge on any atom is -0.489 e. The van der Waals surface area contributed by atoms with Gasteiger partial charge in [-0.05, 0) is 25.5 Å². The lowest BCUT2D eigenvalue weighted by Gasteiger charge is -2.18. The van der Waals surface area contributed by atoms with Crippen LogP contribution in [0.2, 0.25) is 0 Å². The van der Waals surface area contributed by atoms with Crippen molar-refractivity contribution in [2.24, 2.45) is 0 Å². The number of anilines is 1. The molecule has 1 aromatic rings. The Labute approximate surface area is 147 Å². The van der Waals surface area contributed by atoms with Crippen molar-refractivity contribution in [2.45, 2.75) is 26.4 Å². The number of hydrogen-bond acceptors (Lipinski definition) is 6. The van der Waals surface area contributed by atoms with Gasteiger partial charge < -0.3 is 24.8 Å². The first kappa shape index (κ1) is 18.8.